The quantitative estimate of drug-likeness (QED) is 0.791. The number of ketones is 1. The molecule has 0 atom stereocenters. The molecule has 0 spiro atoms. The van der Waals surface area contributed by atoms with Gasteiger partial charge in [0.2, 0.25) is 0 Å². The summed E-state index contributed by atoms with van der Waals surface area (Å²) in [7, 11) is 0. The number of hydrogen-bond acceptors (Lipinski definition) is 3. The number of fused-ring (bicyclic) bond motifs is 1. The highest BCUT2D eigenvalue weighted by Crippen LogP contribution is 2.22. The van der Waals surface area contributed by atoms with Crippen LogP contribution in [0.3, 0.4) is 0 Å². The molecule has 0 bridgehead atoms. The average molecular weight is 250 g/mol. The molecule has 3 rings (SSSR count). The third-order valence-corrected chi connectivity index (χ3v) is 3.42. The van der Waals surface area contributed by atoms with Crippen molar-refractivity contribution in [2.75, 3.05) is 12.3 Å². The third kappa shape index (κ3) is 1.93. The molecule has 0 fully saturated rings. The van der Waals surface area contributed by atoms with Crippen molar-refractivity contribution in [3.8, 4) is 0 Å². The number of benzene rings is 2. The first kappa shape index (κ1) is 11.7. The van der Waals surface area contributed by atoms with Crippen LogP contribution in [0.5, 0.6) is 0 Å². The molecule has 2 aromatic rings. The third-order valence-electron chi connectivity index (χ3n) is 3.42. The number of nitrogens with zero attached hydrogens (tertiary/aromatic N) is 1. The maximum atomic E-state index is 11.9. The first-order valence-electron chi connectivity index (χ1n) is 6.20. The van der Waals surface area contributed by atoms with Crippen LogP contribution in [0, 0.1) is 6.92 Å². The molecule has 3 heteroatoms. The minimum Gasteiger partial charge on any atom is -0.398 e. The predicted octanol–water partition coefficient (Wildman–Crippen LogP) is 2.61. The molecule has 1 aliphatic heterocycles. The zero-order chi connectivity index (χ0) is 13.4. The largest absolute Gasteiger partial charge is 0.398 e. The molecule has 0 aliphatic carbocycles. The first-order chi connectivity index (χ1) is 9.16. The van der Waals surface area contributed by atoms with E-state index in [1.54, 1.807) is 0 Å². The second-order valence-electron chi connectivity index (χ2n) is 4.70. The minimum absolute atomic E-state index is 0.0689. The Morgan fingerprint density at radius 2 is 1.84 bits per heavy atom. The van der Waals surface area contributed by atoms with Crippen molar-refractivity contribution in [3.05, 3.63) is 64.7 Å². The average Bonchev–Trinajstić information content (AvgIpc) is 2.43. The second kappa shape index (κ2) is 4.35. The smallest absolute Gasteiger partial charge is 0.184 e. The van der Waals surface area contributed by atoms with Gasteiger partial charge < -0.3 is 5.73 Å². The highest BCUT2D eigenvalue weighted by Gasteiger charge is 2.20. The lowest BCUT2D eigenvalue weighted by Crippen LogP contribution is -2.19. The van der Waals surface area contributed by atoms with Crippen LogP contribution >= 0.6 is 0 Å². The van der Waals surface area contributed by atoms with Crippen LogP contribution in [0.4, 0.5) is 5.69 Å². The van der Waals surface area contributed by atoms with Crippen LogP contribution in [0.2, 0.25) is 0 Å². The van der Waals surface area contributed by atoms with Gasteiger partial charge in [-0.05, 0) is 18.6 Å². The van der Waals surface area contributed by atoms with Crippen LogP contribution in [0.15, 0.2) is 47.5 Å². The Morgan fingerprint density at radius 3 is 2.58 bits per heavy atom. The summed E-state index contributed by atoms with van der Waals surface area (Å²) in [5, 5.41) is 0. The topological polar surface area (TPSA) is 55.5 Å². The van der Waals surface area contributed by atoms with Crippen molar-refractivity contribution in [2.24, 2.45) is 4.99 Å². The van der Waals surface area contributed by atoms with Crippen LogP contribution in [0.1, 0.15) is 27.0 Å². The van der Waals surface area contributed by atoms with E-state index in [2.05, 4.69) is 4.99 Å². The van der Waals surface area contributed by atoms with E-state index < -0.39 is 0 Å². The van der Waals surface area contributed by atoms with Crippen molar-refractivity contribution in [1.29, 1.82) is 0 Å². The fraction of sp³-hybridized carbons (Fsp3) is 0.125. The summed E-state index contributed by atoms with van der Waals surface area (Å²) in [6.45, 7) is 2.18. The van der Waals surface area contributed by atoms with Crippen LogP contribution in [-0.2, 0) is 0 Å². The van der Waals surface area contributed by atoms with E-state index in [1.165, 1.54) is 0 Å². The fourth-order valence-corrected chi connectivity index (χ4v) is 2.29. The number of hydrogen-bond donors (Lipinski definition) is 1. The van der Waals surface area contributed by atoms with Crippen LogP contribution < -0.4 is 5.73 Å². The number of rotatable bonds is 1. The van der Waals surface area contributed by atoms with Crippen LogP contribution in [-0.4, -0.2) is 18.0 Å². The fourth-order valence-electron chi connectivity index (χ4n) is 2.29. The monoisotopic (exact) mass is 250 g/mol. The molecule has 2 aromatic carbocycles. The molecule has 94 valence electrons. The Hall–Kier alpha value is -2.42. The van der Waals surface area contributed by atoms with Gasteiger partial charge in [-0.2, -0.15) is 0 Å². The SMILES string of the molecule is Cc1ccc(C2=NCC(=O)c3ccccc32)cc1N. The Kier molecular flexibility index (Phi) is 2.67. The number of Topliss-reactive ketones (excluding diaryl/α,β-unsaturated/α-hetero) is 1. The van der Waals surface area contributed by atoms with E-state index >= 15 is 0 Å². The summed E-state index contributed by atoms with van der Waals surface area (Å²) in [5.41, 5.74) is 11.2. The first-order valence-corrected chi connectivity index (χ1v) is 6.20. The number of carbonyl (C=O) groups is 1. The van der Waals surface area contributed by atoms with Crippen LogP contribution in [0.25, 0.3) is 0 Å². The van der Waals surface area contributed by atoms with Gasteiger partial charge in [-0.1, -0.05) is 36.4 Å². The summed E-state index contributed by atoms with van der Waals surface area (Å²) in [5.74, 6) is 0.0689. The molecule has 0 unspecified atom stereocenters. The Morgan fingerprint density at radius 1 is 1.11 bits per heavy atom. The summed E-state index contributed by atoms with van der Waals surface area (Å²) >= 11 is 0. The number of carbonyl (C=O) groups excluding carboxylic acids is 1. The van der Waals surface area contributed by atoms with Gasteiger partial charge in [0.1, 0.15) is 6.54 Å². The Labute approximate surface area is 111 Å². The summed E-state index contributed by atoms with van der Waals surface area (Å²) in [4.78, 5) is 16.3. The van der Waals surface area contributed by atoms with Crippen molar-refractivity contribution in [3.63, 3.8) is 0 Å². The van der Waals surface area contributed by atoms with Gasteiger partial charge in [0.25, 0.3) is 0 Å². The highest BCUT2D eigenvalue weighted by molar-refractivity contribution is 6.22. The maximum absolute atomic E-state index is 11.9. The van der Waals surface area contributed by atoms with Gasteiger partial charge in [-0.25, -0.2) is 0 Å². The van der Waals surface area contributed by atoms with Gasteiger partial charge in [-0.15, -0.1) is 0 Å². The van der Waals surface area contributed by atoms with E-state index in [1.807, 2.05) is 49.4 Å². The summed E-state index contributed by atoms with van der Waals surface area (Å²) < 4.78 is 0. The van der Waals surface area contributed by atoms with Crippen molar-refractivity contribution in [1.82, 2.24) is 0 Å². The molecule has 0 amide bonds. The minimum atomic E-state index is 0.0689. The molecule has 0 aromatic heterocycles. The standard InChI is InChI=1S/C16H14N2O/c1-10-6-7-11(8-14(10)17)16-13-5-3-2-4-12(13)15(19)9-18-16/h2-8H,9,17H2,1H3. The molecule has 0 saturated carbocycles. The maximum Gasteiger partial charge on any atom is 0.184 e. The number of nitrogens with two attached hydrogens (primary N) is 1. The molecule has 19 heavy (non-hydrogen) atoms. The number of aliphatic imine (C=N–C) groups is 1. The van der Waals surface area contributed by atoms with Gasteiger partial charge in [-0.3, -0.25) is 9.79 Å². The van der Waals surface area contributed by atoms with Gasteiger partial charge in [0.15, 0.2) is 5.78 Å². The van der Waals surface area contributed by atoms with E-state index in [0.29, 0.717) is 0 Å². The summed E-state index contributed by atoms with van der Waals surface area (Å²) in [6.07, 6.45) is 0. The van der Waals surface area contributed by atoms with Crippen molar-refractivity contribution >= 4 is 17.2 Å². The number of anilines is 1. The molecule has 0 radical (unpaired) electrons. The molecule has 3 nitrogen and oxygen atoms in total. The van der Waals surface area contributed by atoms with Gasteiger partial charge >= 0.3 is 0 Å². The number of nitrogen functional groups attached to an aromatic ring is 1. The lowest BCUT2D eigenvalue weighted by Gasteiger charge is -2.16. The van der Waals surface area contributed by atoms with Crippen molar-refractivity contribution < 1.29 is 4.79 Å². The summed E-state index contributed by atoms with van der Waals surface area (Å²) in [6, 6.07) is 13.5. The van der Waals surface area contributed by atoms with E-state index in [9.17, 15) is 4.79 Å². The normalized spacial score (nSPS) is 13.9. The van der Waals surface area contributed by atoms with E-state index in [-0.39, 0.29) is 12.3 Å². The molecule has 2 N–H and O–H groups in total. The van der Waals surface area contributed by atoms with Gasteiger partial charge in [0, 0.05) is 22.4 Å². The zero-order valence-electron chi connectivity index (χ0n) is 10.7. The lowest BCUT2D eigenvalue weighted by molar-refractivity contribution is 0.1000. The Balaban J connectivity index is 2.16. The van der Waals surface area contributed by atoms with Gasteiger partial charge in [0.05, 0.1) is 5.71 Å². The van der Waals surface area contributed by atoms with E-state index in [4.69, 9.17) is 5.73 Å². The lowest BCUT2D eigenvalue weighted by atomic mass is 9.92. The molecule has 0 saturated heterocycles. The van der Waals surface area contributed by atoms with E-state index in [0.717, 1.165) is 33.7 Å². The predicted molar refractivity (Wildman–Crippen MR) is 76.9 cm³/mol. The molecular weight excluding hydrogens is 236 g/mol. The zero-order valence-corrected chi connectivity index (χ0v) is 10.7. The second-order valence-corrected chi connectivity index (χ2v) is 4.70. The molecular formula is C16H14N2O. The highest BCUT2D eigenvalue weighted by atomic mass is 16.1. The Bertz CT molecular complexity index is 702. The number of aryl methyl sites for hydroxylation is 1. The van der Waals surface area contributed by atoms with Crippen molar-refractivity contribution in [2.45, 2.75) is 6.92 Å². The molecule has 1 heterocycles. The molecule has 1 aliphatic rings.